The van der Waals surface area contributed by atoms with E-state index in [1.54, 1.807) is 4.90 Å². The van der Waals surface area contributed by atoms with E-state index in [9.17, 15) is 18.0 Å². The summed E-state index contributed by atoms with van der Waals surface area (Å²) in [6, 6.07) is 4.10. The zero-order valence-electron chi connectivity index (χ0n) is 10.1. The van der Waals surface area contributed by atoms with Crippen LogP contribution >= 0.6 is 0 Å². The number of alkyl halides is 3. The molecule has 2 amide bonds. The van der Waals surface area contributed by atoms with Crippen LogP contribution in [0.2, 0.25) is 0 Å². The van der Waals surface area contributed by atoms with Crippen LogP contribution in [0.1, 0.15) is 12.0 Å². The molecule has 0 atom stereocenters. The Morgan fingerprint density at radius 1 is 1.16 bits per heavy atom. The lowest BCUT2D eigenvalue weighted by Crippen LogP contribution is -2.37. The van der Waals surface area contributed by atoms with Crippen LogP contribution in [0.15, 0.2) is 36.4 Å². The second-order valence-corrected chi connectivity index (χ2v) is 4.21. The molecule has 19 heavy (non-hydrogen) atoms. The molecule has 0 aromatic heterocycles. The minimum absolute atomic E-state index is 0.302. The van der Waals surface area contributed by atoms with Gasteiger partial charge in [0.2, 0.25) is 0 Å². The van der Waals surface area contributed by atoms with Crippen molar-refractivity contribution in [2.75, 3.05) is 18.4 Å². The molecule has 0 bridgehead atoms. The maximum atomic E-state index is 12.4. The van der Waals surface area contributed by atoms with E-state index >= 15 is 0 Å². The zero-order chi connectivity index (χ0) is 13.9. The molecule has 0 aliphatic carbocycles. The molecule has 1 aromatic rings. The van der Waals surface area contributed by atoms with Gasteiger partial charge in [-0.25, -0.2) is 4.79 Å². The quantitative estimate of drug-likeness (QED) is 0.778. The molecule has 1 aliphatic rings. The number of benzene rings is 1. The average molecular weight is 270 g/mol. The zero-order valence-corrected chi connectivity index (χ0v) is 10.1. The summed E-state index contributed by atoms with van der Waals surface area (Å²) in [6.45, 7) is 1.13. The van der Waals surface area contributed by atoms with Crippen molar-refractivity contribution in [2.45, 2.75) is 12.6 Å². The van der Waals surface area contributed by atoms with Crippen LogP contribution in [-0.2, 0) is 6.18 Å². The van der Waals surface area contributed by atoms with Crippen LogP contribution in [-0.4, -0.2) is 24.0 Å². The molecule has 2 rings (SSSR count). The Bertz CT molecular complexity index is 480. The minimum Gasteiger partial charge on any atom is -0.321 e. The fourth-order valence-electron chi connectivity index (χ4n) is 1.77. The van der Waals surface area contributed by atoms with Gasteiger partial charge in [-0.05, 0) is 30.7 Å². The first-order valence-electron chi connectivity index (χ1n) is 5.85. The SMILES string of the molecule is O=C(Nc1ccc(C(F)(F)F)cc1)N1CC=CCC1. The molecule has 6 heteroatoms. The van der Waals surface area contributed by atoms with Gasteiger partial charge in [-0.15, -0.1) is 0 Å². The molecule has 1 N–H and O–H groups in total. The Hall–Kier alpha value is -1.98. The number of amides is 2. The average Bonchev–Trinajstić information content (AvgIpc) is 2.39. The Kier molecular flexibility index (Phi) is 3.78. The highest BCUT2D eigenvalue weighted by atomic mass is 19.4. The fraction of sp³-hybridized carbons (Fsp3) is 0.308. The molecule has 0 saturated carbocycles. The molecule has 0 radical (unpaired) electrons. The first-order valence-corrected chi connectivity index (χ1v) is 5.85. The first-order chi connectivity index (χ1) is 8.97. The van der Waals surface area contributed by atoms with E-state index in [1.807, 2.05) is 12.2 Å². The van der Waals surface area contributed by atoms with Gasteiger partial charge >= 0.3 is 12.2 Å². The van der Waals surface area contributed by atoms with E-state index in [0.29, 0.717) is 18.8 Å². The summed E-state index contributed by atoms with van der Waals surface area (Å²) in [6.07, 6.45) is 0.304. The van der Waals surface area contributed by atoms with Gasteiger partial charge in [0, 0.05) is 18.8 Å². The highest BCUT2D eigenvalue weighted by Crippen LogP contribution is 2.29. The number of anilines is 1. The van der Waals surface area contributed by atoms with Gasteiger partial charge < -0.3 is 10.2 Å². The van der Waals surface area contributed by atoms with Crippen molar-refractivity contribution in [3.8, 4) is 0 Å². The van der Waals surface area contributed by atoms with Crippen molar-refractivity contribution in [1.29, 1.82) is 0 Å². The second kappa shape index (κ2) is 5.34. The summed E-state index contributed by atoms with van der Waals surface area (Å²) in [7, 11) is 0. The Labute approximate surface area is 108 Å². The third-order valence-corrected chi connectivity index (χ3v) is 2.81. The number of carbonyl (C=O) groups excluding carboxylic acids is 1. The molecule has 1 heterocycles. The van der Waals surface area contributed by atoms with Crippen molar-refractivity contribution in [3.63, 3.8) is 0 Å². The largest absolute Gasteiger partial charge is 0.416 e. The van der Waals surface area contributed by atoms with Crippen molar-refractivity contribution < 1.29 is 18.0 Å². The summed E-state index contributed by atoms with van der Waals surface area (Å²) in [5.74, 6) is 0. The highest BCUT2D eigenvalue weighted by molar-refractivity contribution is 5.89. The fourth-order valence-corrected chi connectivity index (χ4v) is 1.77. The van der Waals surface area contributed by atoms with Crippen LogP contribution in [0.3, 0.4) is 0 Å². The van der Waals surface area contributed by atoms with Gasteiger partial charge in [-0.2, -0.15) is 13.2 Å². The van der Waals surface area contributed by atoms with E-state index < -0.39 is 11.7 Å². The van der Waals surface area contributed by atoms with Crippen molar-refractivity contribution >= 4 is 11.7 Å². The predicted octanol–water partition coefficient (Wildman–Crippen LogP) is 3.50. The standard InChI is InChI=1S/C13H13F3N2O/c14-13(15,16)10-4-6-11(7-5-10)17-12(19)18-8-2-1-3-9-18/h1-2,4-7H,3,8-9H2,(H,17,19). The molecule has 1 aliphatic heterocycles. The van der Waals surface area contributed by atoms with E-state index in [-0.39, 0.29) is 6.03 Å². The van der Waals surface area contributed by atoms with Gasteiger partial charge in [-0.3, -0.25) is 0 Å². The second-order valence-electron chi connectivity index (χ2n) is 4.21. The molecule has 0 unspecified atom stereocenters. The first kappa shape index (κ1) is 13.5. The normalized spacial score (nSPS) is 15.4. The van der Waals surface area contributed by atoms with Crippen LogP contribution in [0.5, 0.6) is 0 Å². The van der Waals surface area contributed by atoms with Crippen LogP contribution < -0.4 is 5.32 Å². The minimum atomic E-state index is -4.36. The van der Waals surface area contributed by atoms with Gasteiger partial charge in [0.25, 0.3) is 0 Å². The monoisotopic (exact) mass is 270 g/mol. The van der Waals surface area contributed by atoms with Gasteiger partial charge in [0.1, 0.15) is 0 Å². The van der Waals surface area contributed by atoms with E-state index in [1.165, 1.54) is 12.1 Å². The molecule has 0 spiro atoms. The summed E-state index contributed by atoms with van der Waals surface area (Å²) in [5.41, 5.74) is -0.376. The molecule has 3 nitrogen and oxygen atoms in total. The Balaban J connectivity index is 1.99. The lowest BCUT2D eigenvalue weighted by molar-refractivity contribution is -0.137. The number of nitrogens with zero attached hydrogens (tertiary/aromatic N) is 1. The van der Waals surface area contributed by atoms with E-state index in [0.717, 1.165) is 18.6 Å². The number of hydrogen-bond donors (Lipinski definition) is 1. The highest BCUT2D eigenvalue weighted by Gasteiger charge is 2.30. The number of nitrogens with one attached hydrogen (secondary N) is 1. The Morgan fingerprint density at radius 2 is 1.84 bits per heavy atom. The molecule has 1 aromatic carbocycles. The van der Waals surface area contributed by atoms with Crippen molar-refractivity contribution in [3.05, 3.63) is 42.0 Å². The summed E-state index contributed by atoms with van der Waals surface area (Å²) in [4.78, 5) is 13.4. The maximum Gasteiger partial charge on any atom is 0.416 e. The molecule has 102 valence electrons. The summed E-state index contributed by atoms with van der Waals surface area (Å²) >= 11 is 0. The number of rotatable bonds is 1. The van der Waals surface area contributed by atoms with Crippen LogP contribution in [0, 0.1) is 0 Å². The van der Waals surface area contributed by atoms with Crippen LogP contribution in [0.4, 0.5) is 23.7 Å². The van der Waals surface area contributed by atoms with Crippen LogP contribution in [0.25, 0.3) is 0 Å². The lowest BCUT2D eigenvalue weighted by atomic mass is 10.2. The Morgan fingerprint density at radius 3 is 2.37 bits per heavy atom. The molecule has 0 saturated heterocycles. The number of carbonyl (C=O) groups is 1. The van der Waals surface area contributed by atoms with E-state index in [2.05, 4.69) is 5.32 Å². The molecular formula is C13H13F3N2O. The van der Waals surface area contributed by atoms with Gasteiger partial charge in [-0.1, -0.05) is 12.2 Å². The van der Waals surface area contributed by atoms with E-state index in [4.69, 9.17) is 0 Å². The molecular weight excluding hydrogens is 257 g/mol. The van der Waals surface area contributed by atoms with Gasteiger partial charge in [0.15, 0.2) is 0 Å². The third kappa shape index (κ3) is 3.49. The number of hydrogen-bond acceptors (Lipinski definition) is 1. The summed E-state index contributed by atoms with van der Waals surface area (Å²) < 4.78 is 37.1. The number of urea groups is 1. The molecule has 0 fully saturated rings. The summed E-state index contributed by atoms with van der Waals surface area (Å²) in [5, 5.41) is 2.58. The third-order valence-electron chi connectivity index (χ3n) is 2.81. The number of halogens is 3. The van der Waals surface area contributed by atoms with Crippen molar-refractivity contribution in [2.24, 2.45) is 0 Å². The van der Waals surface area contributed by atoms with Crippen molar-refractivity contribution in [1.82, 2.24) is 4.90 Å². The predicted molar refractivity (Wildman–Crippen MR) is 65.8 cm³/mol. The smallest absolute Gasteiger partial charge is 0.321 e. The van der Waals surface area contributed by atoms with Gasteiger partial charge in [0.05, 0.1) is 5.56 Å². The lowest BCUT2D eigenvalue weighted by Gasteiger charge is -2.23. The topological polar surface area (TPSA) is 32.3 Å². The maximum absolute atomic E-state index is 12.4.